The van der Waals surface area contributed by atoms with Crippen LogP contribution in [0.3, 0.4) is 0 Å². The molecule has 1 aliphatic carbocycles. The van der Waals surface area contributed by atoms with Gasteiger partial charge in [0, 0.05) is 19.0 Å². The van der Waals surface area contributed by atoms with E-state index in [1.165, 1.54) is 11.3 Å². The number of nitrogens with one attached hydrogen (secondary N) is 1. The summed E-state index contributed by atoms with van der Waals surface area (Å²) in [4.78, 5) is 26.1. The third-order valence-corrected chi connectivity index (χ3v) is 4.47. The summed E-state index contributed by atoms with van der Waals surface area (Å²) in [5.74, 6) is 0.845. The number of hydrogen-bond acceptors (Lipinski definition) is 4. The first-order valence-corrected chi connectivity index (χ1v) is 7.87. The number of carbonyl (C=O) groups excluding carboxylic acids is 2. The van der Waals surface area contributed by atoms with Gasteiger partial charge in [-0.3, -0.25) is 14.5 Å². The number of nitrogens with zero attached hydrogens (tertiary/aromatic N) is 1. The standard InChI is InChI=1S/C16H22N2O3/c19-15-11-14(17-9-8-13-7-4-10-21-13)16(20)18(15)12-5-2-1-3-6-12/h4,7,10,12,14,17H,1-3,5-6,8-9,11H2. The van der Waals surface area contributed by atoms with Gasteiger partial charge in [-0.2, -0.15) is 0 Å². The topological polar surface area (TPSA) is 62.6 Å². The van der Waals surface area contributed by atoms with Gasteiger partial charge in [0.15, 0.2) is 0 Å². The molecule has 1 atom stereocenters. The first-order valence-electron chi connectivity index (χ1n) is 7.87. The lowest BCUT2D eigenvalue weighted by Gasteiger charge is -2.29. The minimum Gasteiger partial charge on any atom is -0.469 e. The molecule has 3 rings (SSSR count). The molecule has 2 fully saturated rings. The largest absolute Gasteiger partial charge is 0.469 e. The fourth-order valence-electron chi connectivity index (χ4n) is 3.36. The molecule has 5 heteroatoms. The van der Waals surface area contributed by atoms with Crippen molar-refractivity contribution in [3.05, 3.63) is 24.2 Å². The van der Waals surface area contributed by atoms with E-state index in [1.807, 2.05) is 12.1 Å². The fraction of sp³-hybridized carbons (Fsp3) is 0.625. The molecule has 1 saturated carbocycles. The van der Waals surface area contributed by atoms with E-state index in [4.69, 9.17) is 4.42 Å². The molecule has 0 radical (unpaired) electrons. The van der Waals surface area contributed by atoms with Crippen LogP contribution in [0.25, 0.3) is 0 Å². The molecule has 1 aromatic rings. The van der Waals surface area contributed by atoms with E-state index in [2.05, 4.69) is 5.32 Å². The number of carbonyl (C=O) groups is 2. The summed E-state index contributed by atoms with van der Waals surface area (Å²) >= 11 is 0. The van der Waals surface area contributed by atoms with Gasteiger partial charge < -0.3 is 9.73 Å². The first-order chi connectivity index (χ1) is 10.3. The predicted molar refractivity (Wildman–Crippen MR) is 77.5 cm³/mol. The Kier molecular flexibility index (Phi) is 4.39. The van der Waals surface area contributed by atoms with Crippen LogP contribution in [-0.4, -0.2) is 35.3 Å². The van der Waals surface area contributed by atoms with E-state index < -0.39 is 0 Å². The highest BCUT2D eigenvalue weighted by Crippen LogP contribution is 2.27. The average molecular weight is 290 g/mol. The molecule has 0 spiro atoms. The smallest absolute Gasteiger partial charge is 0.247 e. The maximum atomic E-state index is 12.4. The Labute approximate surface area is 124 Å². The summed E-state index contributed by atoms with van der Waals surface area (Å²) in [7, 11) is 0. The number of imide groups is 1. The molecule has 0 bridgehead atoms. The maximum absolute atomic E-state index is 12.4. The van der Waals surface area contributed by atoms with Gasteiger partial charge in [0.2, 0.25) is 11.8 Å². The summed E-state index contributed by atoms with van der Waals surface area (Å²) in [5.41, 5.74) is 0. The quantitative estimate of drug-likeness (QED) is 0.841. The van der Waals surface area contributed by atoms with Gasteiger partial charge >= 0.3 is 0 Å². The first kappa shape index (κ1) is 14.3. The zero-order valence-electron chi connectivity index (χ0n) is 12.2. The van der Waals surface area contributed by atoms with E-state index in [-0.39, 0.29) is 23.9 Å². The molecule has 2 amide bonds. The van der Waals surface area contributed by atoms with Crippen molar-refractivity contribution >= 4 is 11.8 Å². The normalized spacial score (nSPS) is 24.0. The van der Waals surface area contributed by atoms with Gasteiger partial charge in [0.25, 0.3) is 0 Å². The molecular weight excluding hydrogens is 268 g/mol. The van der Waals surface area contributed by atoms with Crippen LogP contribution in [-0.2, 0) is 16.0 Å². The molecule has 21 heavy (non-hydrogen) atoms. The fourth-order valence-corrected chi connectivity index (χ4v) is 3.36. The Morgan fingerprint density at radius 2 is 2.05 bits per heavy atom. The number of rotatable bonds is 5. The lowest BCUT2D eigenvalue weighted by Crippen LogP contribution is -2.45. The van der Waals surface area contributed by atoms with Crippen molar-refractivity contribution in [2.75, 3.05) is 6.54 Å². The highest BCUT2D eigenvalue weighted by molar-refractivity contribution is 6.05. The van der Waals surface area contributed by atoms with Gasteiger partial charge in [-0.05, 0) is 25.0 Å². The number of furan rings is 1. The van der Waals surface area contributed by atoms with Crippen molar-refractivity contribution in [2.45, 2.75) is 57.0 Å². The van der Waals surface area contributed by atoms with Gasteiger partial charge in [-0.1, -0.05) is 19.3 Å². The van der Waals surface area contributed by atoms with Gasteiger partial charge in [0.05, 0.1) is 18.7 Å². The second kappa shape index (κ2) is 6.43. The molecule has 5 nitrogen and oxygen atoms in total. The third-order valence-electron chi connectivity index (χ3n) is 4.47. The Morgan fingerprint density at radius 1 is 1.24 bits per heavy atom. The Bertz CT molecular complexity index is 492. The van der Waals surface area contributed by atoms with E-state index in [1.54, 1.807) is 6.26 Å². The average Bonchev–Trinajstić information content (AvgIpc) is 3.09. The van der Waals surface area contributed by atoms with Crippen molar-refractivity contribution in [1.82, 2.24) is 10.2 Å². The molecule has 1 aromatic heterocycles. The second-order valence-corrected chi connectivity index (χ2v) is 5.93. The lowest BCUT2D eigenvalue weighted by atomic mass is 9.94. The van der Waals surface area contributed by atoms with Crippen LogP contribution in [0.4, 0.5) is 0 Å². The molecule has 1 N–H and O–H groups in total. The summed E-state index contributed by atoms with van der Waals surface area (Å²) in [6.45, 7) is 0.649. The van der Waals surface area contributed by atoms with E-state index in [0.29, 0.717) is 13.0 Å². The zero-order chi connectivity index (χ0) is 14.7. The van der Waals surface area contributed by atoms with Crippen LogP contribution in [0, 0.1) is 0 Å². The zero-order valence-corrected chi connectivity index (χ0v) is 12.2. The second-order valence-electron chi connectivity index (χ2n) is 5.93. The highest BCUT2D eigenvalue weighted by atomic mass is 16.3. The summed E-state index contributed by atoms with van der Waals surface area (Å²) in [6, 6.07) is 3.55. The molecule has 1 aliphatic heterocycles. The van der Waals surface area contributed by atoms with Crippen LogP contribution in [0.15, 0.2) is 22.8 Å². The summed E-state index contributed by atoms with van der Waals surface area (Å²) in [6.07, 6.45) is 8.08. The van der Waals surface area contributed by atoms with Crippen molar-refractivity contribution in [3.8, 4) is 0 Å². The van der Waals surface area contributed by atoms with Crippen LogP contribution in [0.5, 0.6) is 0 Å². The van der Waals surface area contributed by atoms with Gasteiger partial charge in [0.1, 0.15) is 5.76 Å². The third kappa shape index (κ3) is 3.18. The number of hydrogen-bond donors (Lipinski definition) is 1. The molecule has 114 valence electrons. The van der Waals surface area contributed by atoms with Crippen molar-refractivity contribution < 1.29 is 14.0 Å². The predicted octanol–water partition coefficient (Wildman–Crippen LogP) is 1.87. The minimum absolute atomic E-state index is 0.0117. The van der Waals surface area contributed by atoms with Crippen molar-refractivity contribution in [1.29, 1.82) is 0 Å². The van der Waals surface area contributed by atoms with Crippen molar-refractivity contribution in [3.63, 3.8) is 0 Å². The van der Waals surface area contributed by atoms with Gasteiger partial charge in [-0.15, -0.1) is 0 Å². The van der Waals surface area contributed by atoms with Crippen LogP contribution >= 0.6 is 0 Å². The minimum atomic E-state index is -0.352. The number of likely N-dealkylation sites (tertiary alicyclic amines) is 1. The highest BCUT2D eigenvalue weighted by Gasteiger charge is 2.42. The SMILES string of the molecule is O=C1CC(NCCc2ccco2)C(=O)N1C1CCCCC1. The molecule has 1 saturated heterocycles. The lowest BCUT2D eigenvalue weighted by molar-refractivity contribution is -0.142. The molecular formula is C16H22N2O3. The molecule has 2 heterocycles. The van der Waals surface area contributed by atoms with Crippen LogP contribution in [0.1, 0.15) is 44.3 Å². The summed E-state index contributed by atoms with van der Waals surface area (Å²) in [5, 5.41) is 3.20. The monoisotopic (exact) mass is 290 g/mol. The Balaban J connectivity index is 1.53. The molecule has 1 unspecified atom stereocenters. The van der Waals surface area contributed by atoms with E-state index in [0.717, 1.165) is 37.9 Å². The summed E-state index contributed by atoms with van der Waals surface area (Å²) < 4.78 is 5.26. The van der Waals surface area contributed by atoms with Gasteiger partial charge in [-0.25, -0.2) is 0 Å². The Hall–Kier alpha value is -1.62. The molecule has 0 aromatic carbocycles. The van der Waals surface area contributed by atoms with Crippen LogP contribution in [0.2, 0.25) is 0 Å². The maximum Gasteiger partial charge on any atom is 0.247 e. The number of amides is 2. The van der Waals surface area contributed by atoms with Crippen molar-refractivity contribution in [2.24, 2.45) is 0 Å². The van der Waals surface area contributed by atoms with E-state index >= 15 is 0 Å². The molecule has 2 aliphatic rings. The van der Waals surface area contributed by atoms with Crippen LogP contribution < -0.4 is 5.32 Å². The Morgan fingerprint density at radius 3 is 2.76 bits per heavy atom. The van der Waals surface area contributed by atoms with E-state index in [9.17, 15) is 9.59 Å².